The SMILES string of the molecule is Cc1cccc(C(=O)NCC(=O)N2CCN(S(=O)(=O)c3ccc(Cl)s3)CC2)c1. The van der Waals surface area contributed by atoms with Crippen LogP contribution < -0.4 is 5.32 Å². The minimum atomic E-state index is -3.60. The number of amides is 2. The molecule has 7 nitrogen and oxygen atoms in total. The molecule has 28 heavy (non-hydrogen) atoms. The zero-order chi connectivity index (χ0) is 20.3. The highest BCUT2D eigenvalue weighted by Crippen LogP contribution is 2.28. The number of carbonyl (C=O) groups excluding carboxylic acids is 2. The van der Waals surface area contributed by atoms with Gasteiger partial charge in [-0.2, -0.15) is 4.31 Å². The first-order valence-electron chi connectivity index (χ1n) is 8.65. The number of halogens is 1. The summed E-state index contributed by atoms with van der Waals surface area (Å²) in [5.41, 5.74) is 1.46. The predicted octanol–water partition coefficient (Wildman–Crippen LogP) is 1.97. The third-order valence-electron chi connectivity index (χ3n) is 4.41. The zero-order valence-electron chi connectivity index (χ0n) is 15.2. The van der Waals surface area contributed by atoms with Crippen molar-refractivity contribution in [3.05, 3.63) is 51.9 Å². The smallest absolute Gasteiger partial charge is 0.252 e. The van der Waals surface area contributed by atoms with Crippen molar-refractivity contribution in [1.29, 1.82) is 0 Å². The molecule has 0 bridgehead atoms. The average molecular weight is 442 g/mol. The fourth-order valence-corrected chi connectivity index (χ4v) is 5.96. The maximum absolute atomic E-state index is 12.6. The van der Waals surface area contributed by atoms with Gasteiger partial charge in [0.2, 0.25) is 5.91 Å². The van der Waals surface area contributed by atoms with E-state index in [1.807, 2.05) is 13.0 Å². The molecule has 1 saturated heterocycles. The molecule has 1 aliphatic rings. The maximum Gasteiger partial charge on any atom is 0.252 e. The molecule has 0 saturated carbocycles. The third kappa shape index (κ3) is 4.72. The van der Waals surface area contributed by atoms with Gasteiger partial charge in [-0.3, -0.25) is 9.59 Å². The van der Waals surface area contributed by atoms with Crippen molar-refractivity contribution in [2.45, 2.75) is 11.1 Å². The Labute approximate surface area is 172 Å². The summed E-state index contributed by atoms with van der Waals surface area (Å²) in [5, 5.41) is 2.62. The van der Waals surface area contributed by atoms with Crippen LogP contribution in [0.3, 0.4) is 0 Å². The molecule has 1 fully saturated rings. The van der Waals surface area contributed by atoms with Crippen LogP contribution in [0.2, 0.25) is 4.34 Å². The standard InChI is InChI=1S/C18H20ClN3O4S2/c1-13-3-2-4-14(11-13)18(24)20-12-16(23)21-7-9-22(10-8-21)28(25,26)17-6-5-15(19)27-17/h2-6,11H,7-10,12H2,1H3,(H,20,24). The normalized spacial score (nSPS) is 15.4. The van der Waals surface area contributed by atoms with Crippen LogP contribution in [-0.4, -0.2) is 62.2 Å². The fourth-order valence-electron chi connectivity index (χ4n) is 2.90. The number of hydrogen-bond donors (Lipinski definition) is 1. The van der Waals surface area contributed by atoms with Crippen molar-refractivity contribution < 1.29 is 18.0 Å². The molecule has 2 amide bonds. The van der Waals surface area contributed by atoms with Gasteiger partial charge in [-0.05, 0) is 31.2 Å². The van der Waals surface area contributed by atoms with E-state index in [0.717, 1.165) is 16.9 Å². The predicted molar refractivity (Wildman–Crippen MR) is 108 cm³/mol. The Morgan fingerprint density at radius 2 is 1.86 bits per heavy atom. The number of hydrogen-bond acceptors (Lipinski definition) is 5. The summed E-state index contributed by atoms with van der Waals surface area (Å²) in [7, 11) is -3.60. The topological polar surface area (TPSA) is 86.8 Å². The highest BCUT2D eigenvalue weighted by Gasteiger charge is 2.31. The molecule has 0 aliphatic carbocycles. The van der Waals surface area contributed by atoms with Gasteiger partial charge < -0.3 is 10.2 Å². The molecule has 3 rings (SSSR count). The van der Waals surface area contributed by atoms with E-state index >= 15 is 0 Å². The molecule has 1 aliphatic heterocycles. The Hall–Kier alpha value is -1.94. The molecule has 2 aromatic rings. The second kappa shape index (κ2) is 8.60. The van der Waals surface area contributed by atoms with Crippen LogP contribution in [0, 0.1) is 6.92 Å². The summed E-state index contributed by atoms with van der Waals surface area (Å²) < 4.78 is 27.1. The summed E-state index contributed by atoms with van der Waals surface area (Å²) in [5.74, 6) is -0.551. The number of nitrogens with zero attached hydrogens (tertiary/aromatic N) is 2. The monoisotopic (exact) mass is 441 g/mol. The van der Waals surface area contributed by atoms with E-state index in [2.05, 4.69) is 5.32 Å². The Morgan fingerprint density at radius 1 is 1.14 bits per heavy atom. The van der Waals surface area contributed by atoms with E-state index in [9.17, 15) is 18.0 Å². The van der Waals surface area contributed by atoms with E-state index in [0.29, 0.717) is 9.90 Å². The van der Waals surface area contributed by atoms with Gasteiger partial charge in [0.05, 0.1) is 10.9 Å². The van der Waals surface area contributed by atoms with Crippen LogP contribution in [0.25, 0.3) is 0 Å². The van der Waals surface area contributed by atoms with E-state index in [4.69, 9.17) is 11.6 Å². The van der Waals surface area contributed by atoms with Gasteiger partial charge in [0.25, 0.3) is 15.9 Å². The number of thiophene rings is 1. The summed E-state index contributed by atoms with van der Waals surface area (Å²) in [6.07, 6.45) is 0. The van der Waals surface area contributed by atoms with Crippen LogP contribution in [-0.2, 0) is 14.8 Å². The molecular formula is C18H20ClN3O4S2. The summed E-state index contributed by atoms with van der Waals surface area (Å²) in [4.78, 5) is 26.1. The lowest BCUT2D eigenvalue weighted by Crippen LogP contribution is -2.52. The Balaban J connectivity index is 1.52. The van der Waals surface area contributed by atoms with Gasteiger partial charge in [-0.15, -0.1) is 11.3 Å². The van der Waals surface area contributed by atoms with Crippen molar-refractivity contribution in [2.75, 3.05) is 32.7 Å². The lowest BCUT2D eigenvalue weighted by atomic mass is 10.1. The summed E-state index contributed by atoms with van der Waals surface area (Å²) in [6, 6.07) is 10.1. The zero-order valence-corrected chi connectivity index (χ0v) is 17.6. The Bertz CT molecular complexity index is 982. The fraction of sp³-hybridized carbons (Fsp3) is 0.333. The molecular weight excluding hydrogens is 422 g/mol. The van der Waals surface area contributed by atoms with Crippen molar-refractivity contribution >= 4 is 44.8 Å². The Morgan fingerprint density at radius 3 is 2.46 bits per heavy atom. The van der Waals surface area contributed by atoms with Crippen LogP contribution in [0.4, 0.5) is 0 Å². The van der Waals surface area contributed by atoms with E-state index < -0.39 is 10.0 Å². The number of piperazine rings is 1. The van der Waals surface area contributed by atoms with Crippen LogP contribution >= 0.6 is 22.9 Å². The van der Waals surface area contributed by atoms with Crippen LogP contribution in [0.15, 0.2) is 40.6 Å². The first-order valence-corrected chi connectivity index (χ1v) is 11.3. The van der Waals surface area contributed by atoms with Gasteiger partial charge in [-0.1, -0.05) is 29.3 Å². The number of benzene rings is 1. The van der Waals surface area contributed by atoms with Crippen molar-refractivity contribution in [2.24, 2.45) is 0 Å². The molecule has 0 unspecified atom stereocenters. The number of nitrogens with one attached hydrogen (secondary N) is 1. The van der Waals surface area contributed by atoms with Crippen molar-refractivity contribution in [1.82, 2.24) is 14.5 Å². The molecule has 0 atom stereocenters. The number of rotatable bonds is 5. The molecule has 2 heterocycles. The second-order valence-corrected chi connectivity index (χ2v) is 10.3. The van der Waals surface area contributed by atoms with E-state index in [1.165, 1.54) is 10.4 Å². The van der Waals surface area contributed by atoms with Crippen molar-refractivity contribution in [3.8, 4) is 0 Å². The van der Waals surface area contributed by atoms with Gasteiger partial charge in [0.15, 0.2) is 0 Å². The third-order valence-corrected chi connectivity index (χ3v) is 8.01. The Kier molecular flexibility index (Phi) is 6.39. The number of aryl methyl sites for hydroxylation is 1. The lowest BCUT2D eigenvalue weighted by molar-refractivity contribution is -0.131. The summed E-state index contributed by atoms with van der Waals surface area (Å²) >= 11 is 6.84. The highest BCUT2D eigenvalue weighted by molar-refractivity contribution is 7.91. The highest BCUT2D eigenvalue weighted by atomic mass is 35.5. The minimum absolute atomic E-state index is 0.125. The number of carbonyl (C=O) groups is 2. The molecule has 0 radical (unpaired) electrons. The minimum Gasteiger partial charge on any atom is -0.343 e. The molecule has 0 spiro atoms. The molecule has 10 heteroatoms. The molecule has 1 aromatic heterocycles. The number of sulfonamides is 1. The van der Waals surface area contributed by atoms with Gasteiger partial charge >= 0.3 is 0 Å². The molecule has 150 valence electrons. The van der Waals surface area contributed by atoms with Crippen molar-refractivity contribution in [3.63, 3.8) is 0 Å². The van der Waals surface area contributed by atoms with E-state index in [1.54, 1.807) is 29.2 Å². The molecule has 1 N–H and O–H groups in total. The van der Waals surface area contributed by atoms with Gasteiger partial charge in [0, 0.05) is 31.7 Å². The average Bonchev–Trinajstić information content (AvgIpc) is 3.13. The second-order valence-electron chi connectivity index (χ2n) is 6.40. The van der Waals surface area contributed by atoms with Crippen LogP contribution in [0.1, 0.15) is 15.9 Å². The van der Waals surface area contributed by atoms with Gasteiger partial charge in [-0.25, -0.2) is 8.42 Å². The summed E-state index contributed by atoms with van der Waals surface area (Å²) in [6.45, 7) is 2.72. The van der Waals surface area contributed by atoms with E-state index in [-0.39, 0.29) is 48.7 Å². The first-order chi connectivity index (χ1) is 13.3. The quantitative estimate of drug-likeness (QED) is 0.768. The largest absolute Gasteiger partial charge is 0.343 e. The molecule has 1 aromatic carbocycles. The van der Waals surface area contributed by atoms with Gasteiger partial charge in [0.1, 0.15) is 4.21 Å². The maximum atomic E-state index is 12.6. The van der Waals surface area contributed by atoms with Crippen LogP contribution in [0.5, 0.6) is 0 Å². The first kappa shape index (κ1) is 20.8. The lowest BCUT2D eigenvalue weighted by Gasteiger charge is -2.33.